The van der Waals surface area contributed by atoms with Crippen molar-refractivity contribution in [3.05, 3.63) is 47.0 Å². The molecule has 1 aromatic heterocycles. The summed E-state index contributed by atoms with van der Waals surface area (Å²) >= 11 is 0. The van der Waals surface area contributed by atoms with Crippen LogP contribution in [0.3, 0.4) is 0 Å². The molecular weight excluding hydrogens is 312 g/mol. The summed E-state index contributed by atoms with van der Waals surface area (Å²) in [4.78, 5) is 16.8. The summed E-state index contributed by atoms with van der Waals surface area (Å²) in [6.07, 6.45) is 0.505. The fourth-order valence-electron chi connectivity index (χ4n) is 3.07. The van der Waals surface area contributed by atoms with Gasteiger partial charge in [-0.3, -0.25) is 4.79 Å². The van der Waals surface area contributed by atoms with Crippen LogP contribution in [-0.4, -0.2) is 10.9 Å². The average molecular weight is 336 g/mol. The maximum absolute atomic E-state index is 12.1. The van der Waals surface area contributed by atoms with Crippen molar-refractivity contribution in [2.45, 2.75) is 41.0 Å². The van der Waals surface area contributed by atoms with E-state index >= 15 is 0 Å². The molecule has 1 heterocycles. The third-order valence-electron chi connectivity index (χ3n) is 4.25. The molecule has 130 valence electrons. The minimum Gasteiger partial charge on any atom is -0.436 e. The number of carbonyl (C=O) groups excluding carboxylic acids is 1. The lowest BCUT2D eigenvalue weighted by Gasteiger charge is -2.11. The second-order valence-corrected chi connectivity index (χ2v) is 7.07. The molecule has 1 N–H and O–H groups in total. The Morgan fingerprint density at radius 2 is 1.96 bits per heavy atom. The number of oxazole rings is 1. The first-order valence-electron chi connectivity index (χ1n) is 8.62. The van der Waals surface area contributed by atoms with Crippen molar-refractivity contribution in [3.8, 4) is 11.5 Å². The van der Waals surface area contributed by atoms with E-state index in [1.807, 2.05) is 52.0 Å². The number of rotatable bonds is 4. The van der Waals surface area contributed by atoms with Crippen molar-refractivity contribution in [3.63, 3.8) is 0 Å². The van der Waals surface area contributed by atoms with Gasteiger partial charge in [0.25, 0.3) is 0 Å². The molecule has 25 heavy (non-hydrogen) atoms. The SMILES string of the molecule is Cc1cc(C)c2oc(-c3cccc(NC(=O)CC(C)C)c3C)nc2c1. The summed E-state index contributed by atoms with van der Waals surface area (Å²) in [7, 11) is 0. The number of anilines is 1. The van der Waals surface area contributed by atoms with Crippen LogP contribution in [-0.2, 0) is 4.79 Å². The molecule has 1 amide bonds. The van der Waals surface area contributed by atoms with Gasteiger partial charge in [0.2, 0.25) is 11.8 Å². The Morgan fingerprint density at radius 3 is 2.68 bits per heavy atom. The monoisotopic (exact) mass is 336 g/mol. The molecule has 0 spiro atoms. The van der Waals surface area contributed by atoms with Gasteiger partial charge in [0.15, 0.2) is 5.58 Å². The molecule has 0 radical (unpaired) electrons. The van der Waals surface area contributed by atoms with Gasteiger partial charge < -0.3 is 9.73 Å². The van der Waals surface area contributed by atoms with Crippen LogP contribution in [0.15, 0.2) is 34.7 Å². The van der Waals surface area contributed by atoms with E-state index in [0.29, 0.717) is 18.2 Å². The first-order valence-corrected chi connectivity index (χ1v) is 8.62. The van der Waals surface area contributed by atoms with Crippen LogP contribution >= 0.6 is 0 Å². The Kier molecular flexibility index (Phi) is 4.62. The summed E-state index contributed by atoms with van der Waals surface area (Å²) in [6, 6.07) is 9.92. The number of fused-ring (bicyclic) bond motifs is 1. The number of aromatic nitrogens is 1. The largest absolute Gasteiger partial charge is 0.436 e. The average Bonchev–Trinajstić information content (AvgIpc) is 2.92. The number of hydrogen-bond donors (Lipinski definition) is 1. The quantitative estimate of drug-likeness (QED) is 0.693. The van der Waals surface area contributed by atoms with E-state index in [0.717, 1.165) is 39.0 Å². The molecule has 4 heteroatoms. The van der Waals surface area contributed by atoms with Crippen LogP contribution < -0.4 is 5.32 Å². The highest BCUT2D eigenvalue weighted by molar-refractivity contribution is 5.93. The molecule has 0 aliphatic rings. The summed E-state index contributed by atoms with van der Waals surface area (Å²) in [6.45, 7) is 10.1. The van der Waals surface area contributed by atoms with E-state index in [1.54, 1.807) is 0 Å². The van der Waals surface area contributed by atoms with Gasteiger partial charge in [-0.25, -0.2) is 4.98 Å². The van der Waals surface area contributed by atoms with E-state index in [9.17, 15) is 4.79 Å². The lowest BCUT2D eigenvalue weighted by atomic mass is 10.1. The molecule has 0 aliphatic heterocycles. The second kappa shape index (κ2) is 6.71. The van der Waals surface area contributed by atoms with E-state index in [1.165, 1.54) is 0 Å². The van der Waals surface area contributed by atoms with Gasteiger partial charge in [0, 0.05) is 17.7 Å². The maximum Gasteiger partial charge on any atom is 0.227 e. The van der Waals surface area contributed by atoms with Crippen molar-refractivity contribution in [2.24, 2.45) is 5.92 Å². The smallest absolute Gasteiger partial charge is 0.227 e. The van der Waals surface area contributed by atoms with Crippen LogP contribution in [0.5, 0.6) is 0 Å². The molecule has 0 aliphatic carbocycles. The highest BCUT2D eigenvalue weighted by Crippen LogP contribution is 2.32. The molecule has 2 aromatic carbocycles. The molecule has 4 nitrogen and oxygen atoms in total. The number of nitrogens with one attached hydrogen (secondary N) is 1. The van der Waals surface area contributed by atoms with Crippen LogP contribution in [0, 0.1) is 26.7 Å². The normalized spacial score (nSPS) is 11.3. The molecule has 0 unspecified atom stereocenters. The number of nitrogens with zero attached hydrogens (tertiary/aromatic N) is 1. The fraction of sp³-hybridized carbons (Fsp3) is 0.333. The number of benzene rings is 2. The third-order valence-corrected chi connectivity index (χ3v) is 4.25. The summed E-state index contributed by atoms with van der Waals surface area (Å²) < 4.78 is 6.02. The Balaban J connectivity index is 1.99. The molecular formula is C21H24N2O2. The topological polar surface area (TPSA) is 55.1 Å². The highest BCUT2D eigenvalue weighted by atomic mass is 16.3. The molecule has 0 fully saturated rings. The molecule has 0 saturated heterocycles. The van der Waals surface area contributed by atoms with Gasteiger partial charge in [0.05, 0.1) is 0 Å². The van der Waals surface area contributed by atoms with Crippen molar-refractivity contribution in [1.29, 1.82) is 0 Å². The van der Waals surface area contributed by atoms with Gasteiger partial charge in [-0.1, -0.05) is 26.0 Å². The van der Waals surface area contributed by atoms with E-state index in [4.69, 9.17) is 4.42 Å². The molecule has 3 aromatic rings. The highest BCUT2D eigenvalue weighted by Gasteiger charge is 2.15. The van der Waals surface area contributed by atoms with Crippen LogP contribution in [0.2, 0.25) is 0 Å². The van der Waals surface area contributed by atoms with Gasteiger partial charge in [-0.05, 0) is 61.6 Å². The van der Waals surface area contributed by atoms with E-state index in [-0.39, 0.29) is 5.91 Å². The first kappa shape index (κ1) is 17.2. The van der Waals surface area contributed by atoms with Crippen molar-refractivity contribution >= 4 is 22.7 Å². The number of aryl methyl sites for hydroxylation is 2. The van der Waals surface area contributed by atoms with Crippen molar-refractivity contribution < 1.29 is 9.21 Å². The zero-order chi connectivity index (χ0) is 18.1. The van der Waals surface area contributed by atoms with Crippen LogP contribution in [0.25, 0.3) is 22.6 Å². The minimum absolute atomic E-state index is 0.0271. The molecule has 0 saturated carbocycles. The standard InChI is InChI=1S/C21H24N2O2/c1-12(2)9-19(24)22-17-8-6-7-16(15(17)5)21-23-18-11-13(3)10-14(4)20(18)25-21/h6-8,10-12H,9H2,1-5H3,(H,22,24). The second-order valence-electron chi connectivity index (χ2n) is 7.07. The summed E-state index contributed by atoms with van der Waals surface area (Å²) in [5.41, 5.74) is 6.58. The lowest BCUT2D eigenvalue weighted by molar-refractivity contribution is -0.116. The van der Waals surface area contributed by atoms with Gasteiger partial charge in [0.1, 0.15) is 5.52 Å². The Hall–Kier alpha value is -2.62. The van der Waals surface area contributed by atoms with Gasteiger partial charge in [-0.15, -0.1) is 0 Å². The Morgan fingerprint density at radius 1 is 1.20 bits per heavy atom. The van der Waals surface area contributed by atoms with Gasteiger partial charge >= 0.3 is 0 Å². The Labute approximate surface area is 148 Å². The molecule has 0 atom stereocenters. The van der Waals surface area contributed by atoms with Crippen LogP contribution in [0.1, 0.15) is 37.0 Å². The third kappa shape index (κ3) is 3.58. The number of hydrogen-bond acceptors (Lipinski definition) is 3. The zero-order valence-electron chi connectivity index (χ0n) is 15.4. The van der Waals surface area contributed by atoms with Crippen molar-refractivity contribution in [1.82, 2.24) is 4.98 Å². The summed E-state index contributed by atoms with van der Waals surface area (Å²) in [5, 5.41) is 3.00. The summed E-state index contributed by atoms with van der Waals surface area (Å²) in [5.74, 6) is 0.937. The van der Waals surface area contributed by atoms with E-state index in [2.05, 4.69) is 23.3 Å². The van der Waals surface area contributed by atoms with E-state index < -0.39 is 0 Å². The Bertz CT molecular complexity index is 938. The predicted molar refractivity (Wildman–Crippen MR) is 102 cm³/mol. The van der Waals surface area contributed by atoms with Crippen LogP contribution in [0.4, 0.5) is 5.69 Å². The zero-order valence-corrected chi connectivity index (χ0v) is 15.4. The maximum atomic E-state index is 12.1. The fourth-order valence-corrected chi connectivity index (χ4v) is 3.07. The predicted octanol–water partition coefficient (Wildman–Crippen LogP) is 5.40. The number of amides is 1. The molecule has 0 bridgehead atoms. The van der Waals surface area contributed by atoms with Crippen molar-refractivity contribution in [2.75, 3.05) is 5.32 Å². The van der Waals surface area contributed by atoms with Gasteiger partial charge in [-0.2, -0.15) is 0 Å². The first-order chi connectivity index (χ1) is 11.8. The molecule has 3 rings (SSSR count). The lowest BCUT2D eigenvalue weighted by Crippen LogP contribution is -2.14. The number of carbonyl (C=O) groups is 1. The minimum atomic E-state index is 0.0271.